The van der Waals surface area contributed by atoms with E-state index in [2.05, 4.69) is 15.3 Å². The third-order valence-corrected chi connectivity index (χ3v) is 5.64. The van der Waals surface area contributed by atoms with Gasteiger partial charge in [-0.05, 0) is 48.4 Å². The van der Waals surface area contributed by atoms with Crippen LogP contribution in [0, 0.1) is 6.92 Å². The van der Waals surface area contributed by atoms with Crippen molar-refractivity contribution in [2.75, 3.05) is 5.32 Å². The van der Waals surface area contributed by atoms with Crippen molar-refractivity contribution in [1.29, 1.82) is 0 Å². The second kappa shape index (κ2) is 9.11. The van der Waals surface area contributed by atoms with Crippen molar-refractivity contribution in [1.82, 2.24) is 14.5 Å². The van der Waals surface area contributed by atoms with Crippen LogP contribution in [0.5, 0.6) is 0 Å². The van der Waals surface area contributed by atoms with Crippen molar-refractivity contribution in [2.45, 2.75) is 13.3 Å². The molecular formula is C28H22N4O2. The summed E-state index contributed by atoms with van der Waals surface area (Å²) in [6.07, 6.45) is 3.72. The van der Waals surface area contributed by atoms with Gasteiger partial charge in [-0.2, -0.15) is 0 Å². The molecule has 0 unspecified atom stereocenters. The number of amides is 1. The average Bonchev–Trinajstić information content (AvgIpc) is 3.28. The molecule has 1 N–H and O–H groups in total. The molecule has 0 atom stereocenters. The van der Waals surface area contributed by atoms with E-state index in [9.17, 15) is 9.59 Å². The predicted octanol–water partition coefficient (Wildman–Crippen LogP) is 5.28. The number of carbonyl (C=O) groups excluding carboxylic acids is 2. The highest BCUT2D eigenvalue weighted by Gasteiger charge is 2.15. The van der Waals surface area contributed by atoms with Gasteiger partial charge in [0.05, 0.1) is 12.1 Å². The van der Waals surface area contributed by atoms with Gasteiger partial charge in [0.1, 0.15) is 11.5 Å². The first-order valence-corrected chi connectivity index (χ1v) is 11.0. The van der Waals surface area contributed by atoms with Gasteiger partial charge in [-0.15, -0.1) is 0 Å². The lowest BCUT2D eigenvalue weighted by molar-refractivity contribution is -0.115. The highest BCUT2D eigenvalue weighted by atomic mass is 16.2. The molecule has 6 nitrogen and oxygen atoms in total. The first-order valence-electron chi connectivity index (χ1n) is 11.0. The number of nitrogens with zero attached hydrogens (tertiary/aromatic N) is 3. The van der Waals surface area contributed by atoms with Crippen LogP contribution in [0.25, 0.3) is 22.3 Å². The number of anilines is 1. The van der Waals surface area contributed by atoms with E-state index in [1.165, 1.54) is 0 Å². The Morgan fingerprint density at radius 1 is 0.912 bits per heavy atom. The van der Waals surface area contributed by atoms with Gasteiger partial charge in [-0.1, -0.05) is 54.6 Å². The van der Waals surface area contributed by atoms with Crippen molar-refractivity contribution >= 4 is 28.7 Å². The summed E-state index contributed by atoms with van der Waals surface area (Å²) < 4.78 is 1.56. The molecule has 0 saturated heterocycles. The summed E-state index contributed by atoms with van der Waals surface area (Å²) in [5.74, 6) is 0.233. The minimum Gasteiger partial charge on any atom is -0.310 e. The molecule has 2 aromatic carbocycles. The summed E-state index contributed by atoms with van der Waals surface area (Å²) in [4.78, 5) is 34.6. The van der Waals surface area contributed by atoms with Crippen molar-refractivity contribution in [2.24, 2.45) is 0 Å². The minimum atomic E-state index is -0.128. The van der Waals surface area contributed by atoms with Gasteiger partial charge in [0.2, 0.25) is 5.91 Å². The predicted molar refractivity (Wildman–Crippen MR) is 133 cm³/mol. The molecule has 0 aliphatic heterocycles. The van der Waals surface area contributed by atoms with Gasteiger partial charge in [0.25, 0.3) is 5.91 Å². The smallest absolute Gasteiger partial charge is 0.263 e. The summed E-state index contributed by atoms with van der Waals surface area (Å²) in [6, 6.07) is 26.4. The Balaban J connectivity index is 1.38. The maximum atomic E-state index is 13.0. The van der Waals surface area contributed by atoms with Crippen LogP contribution in [0.15, 0.2) is 97.3 Å². The fourth-order valence-corrected chi connectivity index (χ4v) is 3.90. The van der Waals surface area contributed by atoms with Crippen LogP contribution in [-0.4, -0.2) is 26.3 Å². The van der Waals surface area contributed by atoms with E-state index >= 15 is 0 Å². The fraction of sp³-hybridized carbons (Fsp3) is 0.0714. The molecule has 3 aromatic heterocycles. The molecule has 0 aliphatic rings. The molecule has 0 aliphatic carbocycles. The number of hydrogen-bond acceptors (Lipinski definition) is 4. The number of benzene rings is 2. The lowest BCUT2D eigenvalue weighted by atomic mass is 10.1. The molecule has 3 heterocycles. The Bertz CT molecular complexity index is 1510. The van der Waals surface area contributed by atoms with E-state index in [-0.39, 0.29) is 18.2 Å². The highest BCUT2D eigenvalue weighted by Crippen LogP contribution is 2.24. The van der Waals surface area contributed by atoms with Crippen LogP contribution < -0.4 is 5.32 Å². The van der Waals surface area contributed by atoms with Crippen molar-refractivity contribution < 1.29 is 9.59 Å². The maximum absolute atomic E-state index is 13.0. The van der Waals surface area contributed by atoms with Crippen molar-refractivity contribution in [3.05, 3.63) is 114 Å². The third kappa shape index (κ3) is 4.34. The Labute approximate surface area is 196 Å². The Hall–Kier alpha value is -4.58. The Morgan fingerprint density at radius 2 is 1.71 bits per heavy atom. The summed E-state index contributed by atoms with van der Waals surface area (Å²) in [7, 11) is 0. The first-order chi connectivity index (χ1) is 16.6. The number of aromatic nitrogens is 3. The minimum absolute atomic E-state index is 0.116. The van der Waals surface area contributed by atoms with E-state index in [0.29, 0.717) is 22.7 Å². The second-order valence-corrected chi connectivity index (χ2v) is 8.06. The zero-order valence-corrected chi connectivity index (χ0v) is 18.6. The number of carbonyl (C=O) groups is 2. The van der Waals surface area contributed by atoms with Crippen molar-refractivity contribution in [3.63, 3.8) is 0 Å². The average molecular weight is 447 g/mol. The summed E-state index contributed by atoms with van der Waals surface area (Å²) in [5, 5.41) is 3.69. The molecule has 0 spiro atoms. The van der Waals surface area contributed by atoms with E-state index in [4.69, 9.17) is 0 Å². The number of rotatable bonds is 5. The van der Waals surface area contributed by atoms with Gasteiger partial charge < -0.3 is 5.32 Å². The van der Waals surface area contributed by atoms with Gasteiger partial charge in [-0.25, -0.2) is 9.97 Å². The number of aryl methyl sites for hydroxylation is 1. The zero-order chi connectivity index (χ0) is 23.5. The Morgan fingerprint density at radius 3 is 2.53 bits per heavy atom. The molecule has 166 valence electrons. The van der Waals surface area contributed by atoms with Gasteiger partial charge >= 0.3 is 0 Å². The molecule has 0 fully saturated rings. The third-order valence-electron chi connectivity index (χ3n) is 5.64. The normalized spacial score (nSPS) is 10.9. The Kier molecular flexibility index (Phi) is 5.70. The lowest BCUT2D eigenvalue weighted by Crippen LogP contribution is -2.15. The number of fused-ring (bicyclic) bond motifs is 1. The zero-order valence-electron chi connectivity index (χ0n) is 18.6. The summed E-state index contributed by atoms with van der Waals surface area (Å²) in [5.41, 5.74) is 4.57. The van der Waals surface area contributed by atoms with E-state index in [1.807, 2.05) is 85.8 Å². The SMILES string of the molecule is Cc1ccccc1C(=O)n1ccc2cc(-c3cccc(NC(=O)Cc4ccccc4)n3)cnc21. The maximum Gasteiger partial charge on any atom is 0.263 e. The molecule has 6 heteroatoms. The standard InChI is InChI=1S/C28H22N4O2/c1-19-8-5-6-11-23(19)28(34)32-15-14-21-17-22(18-29-27(21)32)24-12-7-13-25(30-24)31-26(33)16-20-9-3-2-4-10-20/h2-15,17-18H,16H2,1H3,(H,30,31,33). The van der Waals surface area contributed by atoms with Gasteiger partial charge in [0.15, 0.2) is 0 Å². The van der Waals surface area contributed by atoms with E-state index in [1.54, 1.807) is 23.0 Å². The van der Waals surface area contributed by atoms with Crippen LogP contribution in [0.4, 0.5) is 5.82 Å². The molecule has 5 rings (SSSR count). The number of nitrogens with one attached hydrogen (secondary N) is 1. The van der Waals surface area contributed by atoms with Crippen LogP contribution in [-0.2, 0) is 11.2 Å². The first kappa shape index (κ1) is 21.3. The summed E-state index contributed by atoms with van der Waals surface area (Å²) >= 11 is 0. The molecule has 1 amide bonds. The second-order valence-electron chi connectivity index (χ2n) is 8.06. The topological polar surface area (TPSA) is 76.9 Å². The van der Waals surface area contributed by atoms with Crippen LogP contribution in [0.2, 0.25) is 0 Å². The van der Waals surface area contributed by atoms with Crippen LogP contribution in [0.3, 0.4) is 0 Å². The molecular weight excluding hydrogens is 424 g/mol. The van der Waals surface area contributed by atoms with E-state index in [0.717, 1.165) is 22.1 Å². The quantitative estimate of drug-likeness (QED) is 0.399. The fourth-order valence-electron chi connectivity index (χ4n) is 3.90. The molecule has 0 bridgehead atoms. The number of hydrogen-bond donors (Lipinski definition) is 1. The van der Waals surface area contributed by atoms with Crippen LogP contribution >= 0.6 is 0 Å². The molecule has 0 saturated carbocycles. The van der Waals surface area contributed by atoms with Crippen molar-refractivity contribution in [3.8, 4) is 11.3 Å². The monoisotopic (exact) mass is 446 g/mol. The highest BCUT2D eigenvalue weighted by molar-refractivity contribution is 6.02. The largest absolute Gasteiger partial charge is 0.310 e. The van der Waals surface area contributed by atoms with E-state index < -0.39 is 0 Å². The van der Waals surface area contributed by atoms with Gasteiger partial charge in [0, 0.05) is 28.9 Å². The van der Waals surface area contributed by atoms with Gasteiger partial charge in [-0.3, -0.25) is 14.2 Å². The molecule has 5 aromatic rings. The lowest BCUT2D eigenvalue weighted by Gasteiger charge is -2.08. The molecule has 0 radical (unpaired) electrons. The summed E-state index contributed by atoms with van der Waals surface area (Å²) in [6.45, 7) is 1.92. The molecule has 34 heavy (non-hydrogen) atoms. The number of pyridine rings is 2. The van der Waals surface area contributed by atoms with Crippen LogP contribution in [0.1, 0.15) is 21.5 Å².